The smallest absolute Gasteiger partial charge is 0.249 e. The van der Waals surface area contributed by atoms with Crippen molar-refractivity contribution >= 4 is 27.7 Å². The third kappa shape index (κ3) is 2.54. The number of hydrogen-bond acceptors (Lipinski definition) is 1. The molecule has 25 heavy (non-hydrogen) atoms. The van der Waals surface area contributed by atoms with Gasteiger partial charge in [-0.25, -0.2) is 8.78 Å². The Hall–Kier alpha value is -3.21. The standard InChI is InChI=1S/C20H14F2N2O/c21-13-6-4-12(5-7-13)11-24-17-9-8-14(22)10-16(17)19-15(20(23)25)2-1-3-18(19)24/h1-10H,11H2,(H2,23,25). The van der Waals surface area contributed by atoms with Crippen molar-refractivity contribution in [1.29, 1.82) is 0 Å². The first kappa shape index (κ1) is 15.3. The Labute approximate surface area is 142 Å². The first-order valence-corrected chi connectivity index (χ1v) is 7.79. The first-order valence-electron chi connectivity index (χ1n) is 7.79. The van der Waals surface area contributed by atoms with Crippen LogP contribution in [0.4, 0.5) is 8.78 Å². The summed E-state index contributed by atoms with van der Waals surface area (Å²) in [4.78, 5) is 11.8. The summed E-state index contributed by atoms with van der Waals surface area (Å²) < 4.78 is 28.9. The minimum Gasteiger partial charge on any atom is -0.366 e. The quantitative estimate of drug-likeness (QED) is 0.598. The summed E-state index contributed by atoms with van der Waals surface area (Å²) in [7, 11) is 0. The van der Waals surface area contributed by atoms with Crippen LogP contribution in [0.25, 0.3) is 21.8 Å². The molecule has 1 aromatic heterocycles. The van der Waals surface area contributed by atoms with Crippen molar-refractivity contribution in [2.24, 2.45) is 5.73 Å². The number of rotatable bonds is 3. The molecule has 1 amide bonds. The molecule has 3 aromatic carbocycles. The van der Waals surface area contributed by atoms with E-state index in [1.807, 2.05) is 10.6 Å². The van der Waals surface area contributed by atoms with E-state index < -0.39 is 5.91 Å². The summed E-state index contributed by atoms with van der Waals surface area (Å²) in [5.41, 5.74) is 8.32. The minimum atomic E-state index is -0.560. The molecule has 0 aliphatic rings. The monoisotopic (exact) mass is 336 g/mol. The number of primary amides is 1. The lowest BCUT2D eigenvalue weighted by Gasteiger charge is -2.08. The first-order chi connectivity index (χ1) is 12.0. The average Bonchev–Trinajstić information content (AvgIpc) is 2.90. The van der Waals surface area contributed by atoms with E-state index >= 15 is 0 Å². The Morgan fingerprint density at radius 2 is 1.64 bits per heavy atom. The van der Waals surface area contributed by atoms with Crippen molar-refractivity contribution in [2.75, 3.05) is 0 Å². The number of amides is 1. The molecule has 1 heterocycles. The number of aromatic nitrogens is 1. The van der Waals surface area contributed by atoms with Crippen LogP contribution in [-0.2, 0) is 6.54 Å². The molecule has 0 bridgehead atoms. The number of carbonyl (C=O) groups is 1. The van der Waals surface area contributed by atoms with Gasteiger partial charge >= 0.3 is 0 Å². The largest absolute Gasteiger partial charge is 0.366 e. The van der Waals surface area contributed by atoms with Crippen LogP contribution < -0.4 is 5.73 Å². The van der Waals surface area contributed by atoms with E-state index in [1.165, 1.54) is 24.3 Å². The number of halogens is 2. The maximum Gasteiger partial charge on any atom is 0.249 e. The number of carbonyl (C=O) groups excluding carboxylic acids is 1. The normalized spacial score (nSPS) is 11.3. The Balaban J connectivity index is 2.03. The fraction of sp³-hybridized carbons (Fsp3) is 0.0500. The van der Waals surface area contributed by atoms with Gasteiger partial charge in [-0.2, -0.15) is 0 Å². The number of nitrogens with zero attached hydrogens (tertiary/aromatic N) is 1. The zero-order valence-corrected chi connectivity index (χ0v) is 13.2. The highest BCUT2D eigenvalue weighted by Gasteiger charge is 2.17. The molecule has 0 atom stereocenters. The van der Waals surface area contributed by atoms with Gasteiger partial charge in [-0.15, -0.1) is 0 Å². The van der Waals surface area contributed by atoms with Crippen LogP contribution in [0.2, 0.25) is 0 Å². The van der Waals surface area contributed by atoms with Crippen LogP contribution >= 0.6 is 0 Å². The molecule has 5 heteroatoms. The highest BCUT2D eigenvalue weighted by atomic mass is 19.1. The molecule has 4 rings (SSSR count). The molecular weight excluding hydrogens is 322 g/mol. The van der Waals surface area contributed by atoms with Crippen LogP contribution in [0.5, 0.6) is 0 Å². The van der Waals surface area contributed by atoms with E-state index in [0.29, 0.717) is 22.9 Å². The summed E-state index contributed by atoms with van der Waals surface area (Å²) in [5.74, 6) is -1.24. The van der Waals surface area contributed by atoms with Crippen molar-refractivity contribution in [3.63, 3.8) is 0 Å². The van der Waals surface area contributed by atoms with E-state index in [2.05, 4.69) is 0 Å². The van der Waals surface area contributed by atoms with Gasteiger partial charge in [0.1, 0.15) is 11.6 Å². The Morgan fingerprint density at radius 3 is 2.36 bits per heavy atom. The maximum absolute atomic E-state index is 13.8. The van der Waals surface area contributed by atoms with Crippen LogP contribution in [-0.4, -0.2) is 10.5 Å². The van der Waals surface area contributed by atoms with E-state index in [-0.39, 0.29) is 11.6 Å². The van der Waals surface area contributed by atoms with Crippen molar-refractivity contribution in [1.82, 2.24) is 4.57 Å². The number of hydrogen-bond donors (Lipinski definition) is 1. The lowest BCUT2D eigenvalue weighted by molar-refractivity contribution is 0.100. The Bertz CT molecular complexity index is 1110. The van der Waals surface area contributed by atoms with Crippen LogP contribution in [0.1, 0.15) is 15.9 Å². The molecule has 4 aromatic rings. The van der Waals surface area contributed by atoms with Gasteiger partial charge in [0.25, 0.3) is 0 Å². The molecule has 2 N–H and O–H groups in total. The Morgan fingerprint density at radius 1 is 0.920 bits per heavy atom. The van der Waals surface area contributed by atoms with Crippen molar-refractivity contribution in [3.05, 3.63) is 83.4 Å². The predicted molar refractivity (Wildman–Crippen MR) is 93.4 cm³/mol. The summed E-state index contributed by atoms with van der Waals surface area (Å²) in [6.07, 6.45) is 0. The molecule has 0 radical (unpaired) electrons. The Kier molecular flexibility index (Phi) is 3.50. The van der Waals surface area contributed by atoms with Crippen LogP contribution in [0.3, 0.4) is 0 Å². The molecule has 0 spiro atoms. The summed E-state index contributed by atoms with van der Waals surface area (Å²) in [6, 6.07) is 15.9. The molecule has 0 saturated heterocycles. The highest BCUT2D eigenvalue weighted by molar-refractivity contribution is 6.17. The van der Waals surface area contributed by atoms with Crippen molar-refractivity contribution in [2.45, 2.75) is 6.54 Å². The second-order valence-electron chi connectivity index (χ2n) is 5.94. The third-order valence-electron chi connectivity index (χ3n) is 4.37. The van der Waals surface area contributed by atoms with Gasteiger partial charge in [-0.05, 0) is 48.0 Å². The summed E-state index contributed by atoms with van der Waals surface area (Å²) in [6.45, 7) is 0.466. The number of benzene rings is 3. The predicted octanol–water partition coefficient (Wildman–Crippen LogP) is 4.22. The van der Waals surface area contributed by atoms with Gasteiger partial charge in [0.2, 0.25) is 5.91 Å². The maximum atomic E-state index is 13.8. The topological polar surface area (TPSA) is 48.0 Å². The SMILES string of the molecule is NC(=O)c1cccc2c1c1cc(F)ccc1n2Cc1ccc(F)cc1. The molecule has 0 saturated carbocycles. The molecule has 0 aliphatic carbocycles. The molecular formula is C20H14F2N2O. The molecule has 3 nitrogen and oxygen atoms in total. The van der Waals surface area contributed by atoms with Gasteiger partial charge in [0.05, 0.1) is 5.52 Å². The molecule has 0 unspecified atom stereocenters. The summed E-state index contributed by atoms with van der Waals surface area (Å²) in [5, 5.41) is 1.26. The second kappa shape index (κ2) is 5.70. The van der Waals surface area contributed by atoms with Gasteiger partial charge in [0, 0.05) is 28.4 Å². The van der Waals surface area contributed by atoms with Crippen molar-refractivity contribution in [3.8, 4) is 0 Å². The average molecular weight is 336 g/mol. The van der Waals surface area contributed by atoms with E-state index in [9.17, 15) is 13.6 Å². The van der Waals surface area contributed by atoms with E-state index in [4.69, 9.17) is 5.73 Å². The molecule has 0 fully saturated rings. The fourth-order valence-corrected chi connectivity index (χ4v) is 3.27. The fourth-order valence-electron chi connectivity index (χ4n) is 3.27. The molecule has 0 aliphatic heterocycles. The van der Waals surface area contributed by atoms with Gasteiger partial charge in [-0.3, -0.25) is 4.79 Å². The second-order valence-corrected chi connectivity index (χ2v) is 5.94. The lowest BCUT2D eigenvalue weighted by Crippen LogP contribution is -2.11. The van der Waals surface area contributed by atoms with Gasteiger partial charge in [-0.1, -0.05) is 18.2 Å². The number of fused-ring (bicyclic) bond motifs is 3. The van der Waals surface area contributed by atoms with E-state index in [0.717, 1.165) is 16.6 Å². The summed E-state index contributed by atoms with van der Waals surface area (Å²) >= 11 is 0. The lowest BCUT2D eigenvalue weighted by atomic mass is 10.1. The van der Waals surface area contributed by atoms with Gasteiger partial charge < -0.3 is 10.3 Å². The minimum absolute atomic E-state index is 0.302. The third-order valence-corrected chi connectivity index (χ3v) is 4.37. The zero-order valence-electron chi connectivity index (χ0n) is 13.2. The van der Waals surface area contributed by atoms with Crippen molar-refractivity contribution < 1.29 is 13.6 Å². The van der Waals surface area contributed by atoms with E-state index in [1.54, 1.807) is 30.3 Å². The number of nitrogens with two attached hydrogens (primary N) is 1. The van der Waals surface area contributed by atoms with Crippen LogP contribution in [0.15, 0.2) is 60.7 Å². The highest BCUT2D eigenvalue weighted by Crippen LogP contribution is 2.32. The zero-order chi connectivity index (χ0) is 17.6. The molecule has 124 valence electrons. The van der Waals surface area contributed by atoms with Gasteiger partial charge in [0.15, 0.2) is 0 Å². The van der Waals surface area contributed by atoms with Crippen LogP contribution in [0, 0.1) is 11.6 Å².